The maximum Gasteiger partial charge on any atom is 0.336 e. The van der Waals surface area contributed by atoms with Crippen molar-refractivity contribution < 1.29 is 9.15 Å². The molecule has 0 radical (unpaired) electrons. The number of methoxy groups -OCH3 is 1. The Balaban J connectivity index is 1.53. The fourth-order valence-corrected chi connectivity index (χ4v) is 4.88. The van der Waals surface area contributed by atoms with Crippen LogP contribution in [-0.2, 0) is 12.3 Å². The summed E-state index contributed by atoms with van der Waals surface area (Å²) in [6.07, 6.45) is 0. The Hall–Kier alpha value is -3.22. The summed E-state index contributed by atoms with van der Waals surface area (Å²) in [4.78, 5) is 17.0. The van der Waals surface area contributed by atoms with Crippen LogP contribution in [0.15, 0.2) is 87.2 Å². The molecule has 0 spiro atoms. The van der Waals surface area contributed by atoms with Gasteiger partial charge in [-0.3, -0.25) is 0 Å². The first-order valence-electron chi connectivity index (χ1n) is 10.0. The number of ether oxygens (including phenoxy) is 1. The van der Waals surface area contributed by atoms with Crippen LogP contribution in [0.1, 0.15) is 11.1 Å². The largest absolute Gasteiger partial charge is 0.497 e. The van der Waals surface area contributed by atoms with Gasteiger partial charge in [-0.05, 0) is 41.5 Å². The number of imidazole rings is 1. The van der Waals surface area contributed by atoms with E-state index in [1.807, 2.05) is 48.5 Å². The van der Waals surface area contributed by atoms with Crippen LogP contribution in [0.3, 0.4) is 0 Å². The molecule has 5 nitrogen and oxygen atoms in total. The molecule has 0 saturated carbocycles. The fraction of sp³-hybridized carbons (Fsp3) is 0.120. The molecule has 0 unspecified atom stereocenters. The van der Waals surface area contributed by atoms with Gasteiger partial charge in [0.2, 0.25) is 0 Å². The average Bonchev–Trinajstić information content (AvgIpc) is 3.13. The van der Waals surface area contributed by atoms with Crippen molar-refractivity contribution in [1.82, 2.24) is 9.55 Å². The lowest BCUT2D eigenvalue weighted by atomic mass is 10.1. The van der Waals surface area contributed by atoms with Gasteiger partial charge in [-0.2, -0.15) is 0 Å². The van der Waals surface area contributed by atoms with E-state index in [2.05, 4.69) is 16.7 Å². The van der Waals surface area contributed by atoms with E-state index < -0.39 is 0 Å². The van der Waals surface area contributed by atoms with E-state index >= 15 is 0 Å². The second kappa shape index (κ2) is 8.73. The summed E-state index contributed by atoms with van der Waals surface area (Å²) >= 11 is 7.79. The zero-order chi connectivity index (χ0) is 22.1. The van der Waals surface area contributed by atoms with Crippen LogP contribution < -0.4 is 10.4 Å². The van der Waals surface area contributed by atoms with Gasteiger partial charge in [-0.15, -0.1) is 0 Å². The van der Waals surface area contributed by atoms with Gasteiger partial charge < -0.3 is 13.7 Å². The second-order valence-electron chi connectivity index (χ2n) is 7.34. The monoisotopic (exact) mass is 462 g/mol. The van der Waals surface area contributed by atoms with Crippen molar-refractivity contribution in [3.05, 3.63) is 99.4 Å². The standard InChI is InChI=1S/C25H19ClN2O3S/c1-30-19-8-9-20-17(11-24(29)31-23(20)13-19)15-32-25-27-21-12-18(26)7-10-22(21)28(25)14-16-5-3-2-4-6-16/h2-13H,14-15H2,1H3. The van der Waals surface area contributed by atoms with Gasteiger partial charge in [0, 0.05) is 28.3 Å². The van der Waals surface area contributed by atoms with Crippen LogP contribution in [-0.4, -0.2) is 16.7 Å². The normalized spacial score (nSPS) is 11.3. The maximum absolute atomic E-state index is 12.1. The average molecular weight is 463 g/mol. The molecule has 0 fully saturated rings. The minimum atomic E-state index is -0.383. The Kier molecular flexibility index (Phi) is 5.64. The summed E-state index contributed by atoms with van der Waals surface area (Å²) in [5.41, 5.74) is 4.06. The van der Waals surface area contributed by atoms with Crippen molar-refractivity contribution in [3.8, 4) is 5.75 Å². The van der Waals surface area contributed by atoms with Crippen molar-refractivity contribution >= 4 is 45.4 Å². The van der Waals surface area contributed by atoms with Gasteiger partial charge in [0.1, 0.15) is 11.3 Å². The minimum absolute atomic E-state index is 0.383. The number of benzene rings is 3. The van der Waals surface area contributed by atoms with Crippen LogP contribution >= 0.6 is 23.4 Å². The van der Waals surface area contributed by atoms with Crippen LogP contribution in [0.25, 0.3) is 22.0 Å². The van der Waals surface area contributed by atoms with E-state index in [0.29, 0.717) is 28.7 Å². The minimum Gasteiger partial charge on any atom is -0.497 e. The van der Waals surface area contributed by atoms with Crippen molar-refractivity contribution in [2.75, 3.05) is 7.11 Å². The molecule has 5 rings (SSSR count). The fourth-order valence-electron chi connectivity index (χ4n) is 3.71. The van der Waals surface area contributed by atoms with Gasteiger partial charge in [0.05, 0.1) is 24.7 Å². The summed E-state index contributed by atoms with van der Waals surface area (Å²) in [7, 11) is 1.59. The third kappa shape index (κ3) is 4.11. The quantitative estimate of drug-likeness (QED) is 0.224. The summed E-state index contributed by atoms with van der Waals surface area (Å²) in [5, 5.41) is 2.40. The highest BCUT2D eigenvalue weighted by Crippen LogP contribution is 2.31. The predicted octanol–water partition coefficient (Wildman–Crippen LogP) is 6.15. The van der Waals surface area contributed by atoms with Crippen LogP contribution in [0, 0.1) is 0 Å². The van der Waals surface area contributed by atoms with Gasteiger partial charge in [0.25, 0.3) is 0 Å². The molecular formula is C25H19ClN2O3S. The molecule has 32 heavy (non-hydrogen) atoms. The van der Waals surface area contributed by atoms with Crippen molar-refractivity contribution in [2.45, 2.75) is 17.5 Å². The van der Waals surface area contributed by atoms with Gasteiger partial charge in [-0.25, -0.2) is 9.78 Å². The number of fused-ring (bicyclic) bond motifs is 2. The molecule has 160 valence electrons. The Bertz CT molecular complexity index is 1480. The predicted molar refractivity (Wildman–Crippen MR) is 129 cm³/mol. The lowest BCUT2D eigenvalue weighted by Gasteiger charge is -2.10. The SMILES string of the molecule is COc1ccc2c(CSc3nc4cc(Cl)ccc4n3Cc3ccccc3)cc(=O)oc2c1. The van der Waals surface area contributed by atoms with E-state index in [9.17, 15) is 4.79 Å². The molecule has 2 aromatic heterocycles. The van der Waals surface area contributed by atoms with Crippen molar-refractivity contribution in [2.24, 2.45) is 0 Å². The topological polar surface area (TPSA) is 57.3 Å². The number of rotatable bonds is 6. The van der Waals surface area contributed by atoms with Crippen molar-refractivity contribution in [3.63, 3.8) is 0 Å². The van der Waals surface area contributed by atoms with E-state index in [1.165, 1.54) is 5.56 Å². The third-order valence-corrected chi connectivity index (χ3v) is 6.51. The lowest BCUT2D eigenvalue weighted by molar-refractivity contribution is 0.414. The van der Waals surface area contributed by atoms with Gasteiger partial charge in [-0.1, -0.05) is 53.7 Å². The summed E-state index contributed by atoms with van der Waals surface area (Å²) < 4.78 is 12.8. The van der Waals surface area contributed by atoms with Gasteiger partial charge in [0.15, 0.2) is 5.16 Å². The molecule has 2 heterocycles. The first-order chi connectivity index (χ1) is 15.6. The van der Waals surface area contributed by atoms with Crippen LogP contribution in [0.5, 0.6) is 5.75 Å². The molecule has 0 aliphatic carbocycles. The van der Waals surface area contributed by atoms with Gasteiger partial charge >= 0.3 is 5.63 Å². The summed E-state index contributed by atoms with van der Waals surface area (Å²) in [5.74, 6) is 1.22. The van der Waals surface area contributed by atoms with Crippen LogP contribution in [0.4, 0.5) is 0 Å². The highest BCUT2D eigenvalue weighted by Gasteiger charge is 2.14. The maximum atomic E-state index is 12.1. The second-order valence-corrected chi connectivity index (χ2v) is 8.72. The number of halogens is 1. The number of hydrogen-bond donors (Lipinski definition) is 0. The third-order valence-electron chi connectivity index (χ3n) is 5.25. The van der Waals surface area contributed by atoms with E-state index in [1.54, 1.807) is 31.0 Å². The Morgan fingerprint density at radius 2 is 1.91 bits per heavy atom. The number of nitrogens with zero attached hydrogens (tertiary/aromatic N) is 2. The zero-order valence-corrected chi connectivity index (χ0v) is 18.8. The van der Waals surface area contributed by atoms with Crippen molar-refractivity contribution in [1.29, 1.82) is 0 Å². The number of aromatic nitrogens is 2. The van der Waals surface area contributed by atoms with E-state index in [0.717, 1.165) is 27.1 Å². The smallest absolute Gasteiger partial charge is 0.336 e. The molecule has 0 amide bonds. The first-order valence-corrected chi connectivity index (χ1v) is 11.4. The highest BCUT2D eigenvalue weighted by atomic mass is 35.5. The van der Waals surface area contributed by atoms with Crippen LogP contribution in [0.2, 0.25) is 5.02 Å². The Labute approximate surface area is 193 Å². The summed E-state index contributed by atoms with van der Waals surface area (Å²) in [6, 6.07) is 23.1. The lowest BCUT2D eigenvalue weighted by Crippen LogP contribution is -2.03. The zero-order valence-electron chi connectivity index (χ0n) is 17.2. The molecular weight excluding hydrogens is 444 g/mol. The Morgan fingerprint density at radius 1 is 1.06 bits per heavy atom. The molecule has 5 aromatic rings. The number of hydrogen-bond acceptors (Lipinski definition) is 5. The Morgan fingerprint density at radius 3 is 2.72 bits per heavy atom. The van der Waals surface area contributed by atoms with E-state index in [4.69, 9.17) is 25.7 Å². The molecule has 3 aromatic carbocycles. The molecule has 0 atom stereocenters. The molecule has 0 aliphatic heterocycles. The molecule has 0 saturated heterocycles. The highest BCUT2D eigenvalue weighted by molar-refractivity contribution is 7.98. The first kappa shape index (κ1) is 20.7. The molecule has 7 heteroatoms. The molecule has 0 N–H and O–H groups in total. The number of thioether (sulfide) groups is 1. The summed E-state index contributed by atoms with van der Waals surface area (Å²) in [6.45, 7) is 0.691. The molecule has 0 aliphatic rings. The van der Waals surface area contributed by atoms with E-state index in [-0.39, 0.29) is 5.63 Å². The molecule has 0 bridgehead atoms.